The van der Waals surface area contributed by atoms with Crippen LogP contribution in [0.2, 0.25) is 0 Å². The van der Waals surface area contributed by atoms with E-state index in [4.69, 9.17) is 9.26 Å². The Bertz CT molecular complexity index is 847. The molecule has 1 fully saturated rings. The Hall–Kier alpha value is -2.46. The molecule has 0 radical (unpaired) electrons. The molecule has 9 nitrogen and oxygen atoms in total. The van der Waals surface area contributed by atoms with Gasteiger partial charge in [0.15, 0.2) is 0 Å². The standard InChI is InChI=1S/C13H13N3O6S/c1-8-14-12(15-21-8)9-4-3-5-10(6-9)16-7-11(20-13(16)17)22-23(2,18)19/h3-6,11H,7H2,1-2H3. The third kappa shape index (κ3) is 3.48. The number of cyclic esters (lactones) is 1. The van der Waals surface area contributed by atoms with Crippen LogP contribution < -0.4 is 4.90 Å². The third-order valence-electron chi connectivity index (χ3n) is 3.01. The lowest BCUT2D eigenvalue weighted by molar-refractivity contribution is 0.0114. The van der Waals surface area contributed by atoms with Crippen LogP contribution in [0.25, 0.3) is 11.4 Å². The van der Waals surface area contributed by atoms with Crippen molar-refractivity contribution in [2.45, 2.75) is 13.2 Å². The normalized spacial score (nSPS) is 18.3. The lowest BCUT2D eigenvalue weighted by Gasteiger charge is -2.13. The Kier molecular flexibility index (Phi) is 3.78. The van der Waals surface area contributed by atoms with Gasteiger partial charge in [-0.15, -0.1) is 0 Å². The average Bonchev–Trinajstić information content (AvgIpc) is 3.03. The highest BCUT2D eigenvalue weighted by Crippen LogP contribution is 2.26. The molecule has 2 heterocycles. The van der Waals surface area contributed by atoms with E-state index in [1.54, 1.807) is 31.2 Å². The Morgan fingerprint density at radius 1 is 1.39 bits per heavy atom. The minimum atomic E-state index is -3.72. The van der Waals surface area contributed by atoms with Gasteiger partial charge in [-0.2, -0.15) is 13.4 Å². The van der Waals surface area contributed by atoms with Gasteiger partial charge in [0.25, 0.3) is 10.1 Å². The van der Waals surface area contributed by atoms with Gasteiger partial charge in [-0.3, -0.25) is 4.90 Å². The first-order valence-corrected chi connectivity index (χ1v) is 8.40. The molecular weight excluding hydrogens is 326 g/mol. The Balaban J connectivity index is 1.83. The molecule has 2 aromatic rings. The first-order valence-electron chi connectivity index (χ1n) is 6.59. The fourth-order valence-electron chi connectivity index (χ4n) is 2.12. The van der Waals surface area contributed by atoms with E-state index in [1.807, 2.05) is 0 Å². The van der Waals surface area contributed by atoms with Gasteiger partial charge in [-0.05, 0) is 12.1 Å². The molecule has 1 aliphatic rings. The number of nitrogens with zero attached hydrogens (tertiary/aromatic N) is 3. The summed E-state index contributed by atoms with van der Waals surface area (Å²) in [7, 11) is -3.72. The monoisotopic (exact) mass is 339 g/mol. The van der Waals surface area contributed by atoms with Crippen molar-refractivity contribution in [2.24, 2.45) is 0 Å². The number of aryl methyl sites for hydroxylation is 1. The van der Waals surface area contributed by atoms with Gasteiger partial charge in [-0.25, -0.2) is 8.98 Å². The summed E-state index contributed by atoms with van der Waals surface area (Å²) >= 11 is 0. The van der Waals surface area contributed by atoms with Crippen LogP contribution >= 0.6 is 0 Å². The molecule has 0 saturated carbocycles. The van der Waals surface area contributed by atoms with E-state index in [-0.39, 0.29) is 6.54 Å². The molecule has 10 heteroatoms. The smallest absolute Gasteiger partial charge is 0.416 e. The zero-order chi connectivity index (χ0) is 16.6. The van der Waals surface area contributed by atoms with E-state index in [9.17, 15) is 13.2 Å². The number of ether oxygens (including phenoxy) is 1. The minimum Gasteiger partial charge on any atom is -0.416 e. The van der Waals surface area contributed by atoms with E-state index in [0.717, 1.165) is 6.26 Å². The molecule has 1 saturated heterocycles. The molecule has 0 N–H and O–H groups in total. The van der Waals surface area contributed by atoms with Crippen molar-refractivity contribution in [2.75, 3.05) is 17.7 Å². The molecule has 1 aromatic carbocycles. The summed E-state index contributed by atoms with van der Waals surface area (Å²) in [6, 6.07) is 6.84. The Morgan fingerprint density at radius 3 is 2.83 bits per heavy atom. The highest BCUT2D eigenvalue weighted by Gasteiger charge is 2.35. The SMILES string of the molecule is Cc1nc(-c2cccc(N3CC(OS(C)(=O)=O)OC3=O)c2)no1. The molecule has 3 rings (SSSR count). The molecule has 1 amide bonds. The quantitative estimate of drug-likeness (QED) is 0.766. The number of hydrogen-bond donors (Lipinski definition) is 0. The summed E-state index contributed by atoms with van der Waals surface area (Å²) in [5, 5.41) is 3.81. The third-order valence-corrected chi connectivity index (χ3v) is 3.57. The van der Waals surface area contributed by atoms with Gasteiger partial charge in [0.2, 0.25) is 18.0 Å². The van der Waals surface area contributed by atoms with Crippen LogP contribution in [0.3, 0.4) is 0 Å². The van der Waals surface area contributed by atoms with E-state index >= 15 is 0 Å². The second-order valence-electron chi connectivity index (χ2n) is 4.91. The molecular formula is C13H13N3O6S. The van der Waals surface area contributed by atoms with Gasteiger partial charge in [-0.1, -0.05) is 17.3 Å². The summed E-state index contributed by atoms with van der Waals surface area (Å²) in [6.45, 7) is 1.63. The molecule has 122 valence electrons. The van der Waals surface area contributed by atoms with Gasteiger partial charge in [0.05, 0.1) is 12.8 Å². The maximum Gasteiger partial charge on any atom is 0.416 e. The zero-order valence-corrected chi connectivity index (χ0v) is 13.1. The van der Waals surface area contributed by atoms with Crippen LogP contribution in [-0.2, 0) is 19.0 Å². The summed E-state index contributed by atoms with van der Waals surface area (Å²) in [5.41, 5.74) is 1.16. The first kappa shape index (κ1) is 15.4. The predicted molar refractivity (Wildman–Crippen MR) is 78.0 cm³/mol. The fourth-order valence-corrected chi connectivity index (χ4v) is 2.61. The molecule has 1 aromatic heterocycles. The maximum absolute atomic E-state index is 11.9. The number of rotatable bonds is 4. The molecule has 1 aliphatic heterocycles. The van der Waals surface area contributed by atoms with Gasteiger partial charge >= 0.3 is 6.09 Å². The lowest BCUT2D eigenvalue weighted by Crippen LogP contribution is -2.26. The molecule has 1 unspecified atom stereocenters. The largest absolute Gasteiger partial charge is 0.416 e. The van der Waals surface area contributed by atoms with E-state index in [2.05, 4.69) is 14.3 Å². The van der Waals surface area contributed by atoms with Gasteiger partial charge in [0, 0.05) is 18.2 Å². The van der Waals surface area contributed by atoms with Crippen LogP contribution in [0.1, 0.15) is 5.89 Å². The first-order chi connectivity index (χ1) is 10.8. The van der Waals surface area contributed by atoms with Crippen molar-refractivity contribution in [3.63, 3.8) is 0 Å². The Labute approximate surface area is 131 Å². The average molecular weight is 339 g/mol. The van der Waals surface area contributed by atoms with Crippen LogP contribution in [-0.4, -0.2) is 43.7 Å². The fraction of sp³-hybridized carbons (Fsp3) is 0.308. The molecule has 23 heavy (non-hydrogen) atoms. The van der Waals surface area contributed by atoms with Crippen LogP contribution in [0.15, 0.2) is 28.8 Å². The summed E-state index contributed by atoms with van der Waals surface area (Å²) in [4.78, 5) is 17.3. The van der Waals surface area contributed by atoms with Gasteiger partial charge in [0.1, 0.15) is 0 Å². The molecule has 0 aliphatic carbocycles. The predicted octanol–water partition coefficient (Wildman–Crippen LogP) is 1.30. The van der Waals surface area contributed by atoms with Crippen LogP contribution in [0.4, 0.5) is 10.5 Å². The van der Waals surface area contributed by atoms with Crippen LogP contribution in [0.5, 0.6) is 0 Å². The molecule has 1 atom stereocenters. The molecule has 0 spiro atoms. The minimum absolute atomic E-state index is 0.0410. The number of benzene rings is 1. The van der Waals surface area contributed by atoms with E-state index in [0.29, 0.717) is 23.0 Å². The van der Waals surface area contributed by atoms with Crippen molar-refractivity contribution in [1.82, 2.24) is 10.1 Å². The number of carbonyl (C=O) groups is 1. The van der Waals surface area contributed by atoms with Gasteiger partial charge < -0.3 is 9.26 Å². The van der Waals surface area contributed by atoms with E-state index < -0.39 is 22.5 Å². The maximum atomic E-state index is 11.9. The number of anilines is 1. The summed E-state index contributed by atoms with van der Waals surface area (Å²) in [6.07, 6.45) is -0.975. The number of carbonyl (C=O) groups excluding carboxylic acids is 1. The lowest BCUT2D eigenvalue weighted by atomic mass is 10.2. The number of aromatic nitrogens is 2. The van der Waals surface area contributed by atoms with Crippen molar-refractivity contribution >= 4 is 21.9 Å². The number of amides is 1. The number of hydrogen-bond acceptors (Lipinski definition) is 8. The zero-order valence-electron chi connectivity index (χ0n) is 12.3. The van der Waals surface area contributed by atoms with Crippen molar-refractivity contribution in [1.29, 1.82) is 0 Å². The highest BCUT2D eigenvalue weighted by molar-refractivity contribution is 7.86. The highest BCUT2D eigenvalue weighted by atomic mass is 32.2. The van der Waals surface area contributed by atoms with Crippen LogP contribution in [0, 0.1) is 6.92 Å². The van der Waals surface area contributed by atoms with E-state index in [1.165, 1.54) is 4.90 Å². The summed E-state index contributed by atoms with van der Waals surface area (Å²) in [5.74, 6) is 0.813. The van der Waals surface area contributed by atoms with Crippen molar-refractivity contribution in [3.05, 3.63) is 30.2 Å². The Morgan fingerprint density at radius 2 is 2.17 bits per heavy atom. The summed E-state index contributed by atoms with van der Waals surface area (Å²) < 4.78 is 36.7. The second kappa shape index (κ2) is 5.63. The van der Waals surface area contributed by atoms with Crippen molar-refractivity contribution in [3.8, 4) is 11.4 Å². The topological polar surface area (TPSA) is 112 Å². The molecule has 0 bridgehead atoms. The second-order valence-corrected chi connectivity index (χ2v) is 6.51. The van der Waals surface area contributed by atoms with Crippen molar-refractivity contribution < 1.29 is 26.7 Å².